The highest BCUT2D eigenvalue weighted by atomic mass is 16.2. The molecule has 3 amide bonds. The molecule has 1 aromatic heterocycles. The Balaban J connectivity index is 2.20. The van der Waals surface area contributed by atoms with E-state index in [1.54, 1.807) is 36.5 Å². The number of amides is 3. The Hall–Kier alpha value is -3.66. The Bertz CT molecular complexity index is 864. The summed E-state index contributed by atoms with van der Waals surface area (Å²) in [7, 11) is 0. The highest BCUT2D eigenvalue weighted by Gasteiger charge is 2.06. The lowest BCUT2D eigenvalue weighted by Crippen LogP contribution is -2.36. The number of aromatic nitrogens is 1. The molecule has 0 spiro atoms. The summed E-state index contributed by atoms with van der Waals surface area (Å²) in [6.07, 6.45) is 1.93. The third-order valence-corrected chi connectivity index (χ3v) is 3.15. The topological polar surface area (TPSA) is 100 Å². The van der Waals surface area contributed by atoms with Gasteiger partial charge in [0.25, 0.3) is 5.91 Å². The fourth-order valence-electron chi connectivity index (χ4n) is 1.93. The Morgan fingerprint density at radius 2 is 1.96 bits per heavy atom. The predicted molar refractivity (Wildman–Crippen MR) is 92.4 cm³/mol. The number of rotatable bonds is 4. The molecule has 0 aliphatic carbocycles. The summed E-state index contributed by atoms with van der Waals surface area (Å²) >= 11 is 0. The molecule has 1 heterocycles. The van der Waals surface area contributed by atoms with Crippen molar-refractivity contribution in [3.63, 3.8) is 0 Å². The number of nitrogens with zero attached hydrogens (tertiary/aromatic N) is 1. The van der Waals surface area contributed by atoms with Gasteiger partial charge in [0, 0.05) is 29.8 Å². The van der Waals surface area contributed by atoms with Crippen molar-refractivity contribution >= 4 is 24.0 Å². The van der Waals surface area contributed by atoms with E-state index in [0.29, 0.717) is 28.9 Å². The van der Waals surface area contributed by atoms with Gasteiger partial charge in [-0.1, -0.05) is 17.9 Å². The van der Waals surface area contributed by atoms with Crippen LogP contribution in [0, 0.1) is 18.8 Å². The van der Waals surface area contributed by atoms with Crippen molar-refractivity contribution in [1.29, 1.82) is 0 Å². The minimum atomic E-state index is -0.434. The molecule has 0 unspecified atom stereocenters. The third-order valence-electron chi connectivity index (χ3n) is 3.15. The van der Waals surface area contributed by atoms with E-state index in [9.17, 15) is 14.4 Å². The lowest BCUT2D eigenvalue weighted by atomic mass is 10.0. The van der Waals surface area contributed by atoms with Gasteiger partial charge in [0.1, 0.15) is 5.82 Å². The summed E-state index contributed by atoms with van der Waals surface area (Å²) in [6.45, 7) is 3.29. The van der Waals surface area contributed by atoms with E-state index >= 15 is 0 Å². The van der Waals surface area contributed by atoms with Crippen LogP contribution in [0.5, 0.6) is 0 Å². The van der Waals surface area contributed by atoms with Crippen LogP contribution in [0.15, 0.2) is 36.5 Å². The normalized spacial score (nSPS) is 9.36. The SMILES string of the molecule is CC(=O)Nc1ccc(C#Cc2cc(C(=O)NNC=O)ccc2C)cn1. The zero-order valence-electron chi connectivity index (χ0n) is 13.7. The number of nitrogens with one attached hydrogen (secondary N) is 3. The van der Waals surface area contributed by atoms with Crippen LogP contribution in [0.3, 0.4) is 0 Å². The minimum absolute atomic E-state index is 0.193. The molecule has 7 heteroatoms. The first-order valence-corrected chi connectivity index (χ1v) is 7.35. The molecule has 0 saturated heterocycles. The maximum Gasteiger partial charge on any atom is 0.269 e. The van der Waals surface area contributed by atoms with Gasteiger partial charge in [-0.3, -0.25) is 25.2 Å². The van der Waals surface area contributed by atoms with Crippen molar-refractivity contribution in [2.45, 2.75) is 13.8 Å². The van der Waals surface area contributed by atoms with Crippen LogP contribution in [0.4, 0.5) is 5.82 Å². The third kappa shape index (κ3) is 5.18. The van der Waals surface area contributed by atoms with Crippen LogP contribution in [0.1, 0.15) is 34.0 Å². The highest BCUT2D eigenvalue weighted by molar-refractivity contribution is 5.95. The zero-order valence-corrected chi connectivity index (χ0v) is 13.7. The molecule has 0 fully saturated rings. The lowest BCUT2D eigenvalue weighted by Gasteiger charge is -2.05. The maximum absolute atomic E-state index is 11.8. The van der Waals surface area contributed by atoms with Crippen molar-refractivity contribution < 1.29 is 14.4 Å². The second-order valence-electron chi connectivity index (χ2n) is 5.11. The second-order valence-corrected chi connectivity index (χ2v) is 5.11. The number of pyridine rings is 1. The number of aryl methyl sites for hydroxylation is 1. The fraction of sp³-hybridized carbons (Fsp3) is 0.111. The van der Waals surface area contributed by atoms with E-state index in [4.69, 9.17) is 0 Å². The van der Waals surface area contributed by atoms with E-state index in [0.717, 1.165) is 5.56 Å². The van der Waals surface area contributed by atoms with E-state index in [1.165, 1.54) is 6.92 Å². The quantitative estimate of drug-likeness (QED) is 0.443. The number of carbonyl (C=O) groups excluding carboxylic acids is 3. The molecular formula is C18H16N4O3. The van der Waals surface area contributed by atoms with E-state index in [2.05, 4.69) is 33.0 Å². The van der Waals surface area contributed by atoms with E-state index < -0.39 is 5.91 Å². The van der Waals surface area contributed by atoms with Crippen LogP contribution in [0.2, 0.25) is 0 Å². The summed E-state index contributed by atoms with van der Waals surface area (Å²) in [6, 6.07) is 8.46. The van der Waals surface area contributed by atoms with Crippen molar-refractivity contribution in [2.24, 2.45) is 0 Å². The molecule has 0 atom stereocenters. The zero-order chi connectivity index (χ0) is 18.2. The van der Waals surface area contributed by atoms with E-state index in [1.807, 2.05) is 6.92 Å². The maximum atomic E-state index is 11.8. The molecule has 0 radical (unpaired) electrons. The van der Waals surface area contributed by atoms with Gasteiger partial charge in [0.15, 0.2) is 0 Å². The van der Waals surface area contributed by atoms with Gasteiger partial charge in [-0.05, 0) is 36.8 Å². The highest BCUT2D eigenvalue weighted by Crippen LogP contribution is 2.11. The molecule has 126 valence electrons. The number of anilines is 1. The molecule has 3 N–H and O–H groups in total. The Morgan fingerprint density at radius 1 is 1.16 bits per heavy atom. The molecule has 1 aromatic carbocycles. The average molecular weight is 336 g/mol. The van der Waals surface area contributed by atoms with Crippen molar-refractivity contribution in [2.75, 3.05) is 5.32 Å². The van der Waals surface area contributed by atoms with Crippen molar-refractivity contribution in [1.82, 2.24) is 15.8 Å². The summed E-state index contributed by atoms with van der Waals surface area (Å²) in [5, 5.41) is 2.58. The number of carbonyl (C=O) groups is 3. The molecule has 2 rings (SSSR count). The molecule has 2 aromatic rings. The molecule has 7 nitrogen and oxygen atoms in total. The lowest BCUT2D eigenvalue weighted by molar-refractivity contribution is -0.114. The van der Waals surface area contributed by atoms with Crippen LogP contribution in [-0.4, -0.2) is 23.2 Å². The molecule has 25 heavy (non-hydrogen) atoms. The molecule has 0 bridgehead atoms. The van der Waals surface area contributed by atoms with Gasteiger partial charge in [0.05, 0.1) is 0 Å². The average Bonchev–Trinajstić information content (AvgIpc) is 2.59. The first-order valence-electron chi connectivity index (χ1n) is 7.35. The molecule has 0 saturated carbocycles. The Labute approximate surface area is 144 Å². The number of hydrogen-bond donors (Lipinski definition) is 3. The van der Waals surface area contributed by atoms with Gasteiger partial charge < -0.3 is 5.32 Å². The fourth-order valence-corrected chi connectivity index (χ4v) is 1.93. The number of benzene rings is 1. The van der Waals surface area contributed by atoms with Gasteiger partial charge in [-0.15, -0.1) is 0 Å². The van der Waals surface area contributed by atoms with Crippen molar-refractivity contribution in [3.8, 4) is 11.8 Å². The largest absolute Gasteiger partial charge is 0.311 e. The van der Waals surface area contributed by atoms with Crippen LogP contribution < -0.4 is 16.2 Å². The van der Waals surface area contributed by atoms with Crippen LogP contribution in [-0.2, 0) is 9.59 Å². The van der Waals surface area contributed by atoms with Gasteiger partial charge in [-0.2, -0.15) is 0 Å². The van der Waals surface area contributed by atoms with Gasteiger partial charge in [-0.25, -0.2) is 4.98 Å². The monoisotopic (exact) mass is 336 g/mol. The first kappa shape index (κ1) is 17.7. The molecular weight excluding hydrogens is 320 g/mol. The van der Waals surface area contributed by atoms with E-state index in [-0.39, 0.29) is 5.91 Å². The van der Waals surface area contributed by atoms with Crippen molar-refractivity contribution in [3.05, 3.63) is 58.8 Å². The standard InChI is InChI=1S/C18H16N4O3/c1-12-3-6-16(18(25)22-20-11-23)9-15(12)7-4-14-5-8-17(19-10-14)21-13(2)24/h3,5-6,8-11H,1-2H3,(H,20,23)(H,22,25)(H,19,21,24). The van der Waals surface area contributed by atoms with Gasteiger partial charge >= 0.3 is 0 Å². The number of hydrogen-bond acceptors (Lipinski definition) is 4. The molecule has 0 aliphatic heterocycles. The van der Waals surface area contributed by atoms with Gasteiger partial charge in [0.2, 0.25) is 12.3 Å². The smallest absolute Gasteiger partial charge is 0.269 e. The second kappa shape index (κ2) is 8.26. The Kier molecular flexibility index (Phi) is 5.85. The van der Waals surface area contributed by atoms with Crippen LogP contribution in [0.25, 0.3) is 0 Å². The minimum Gasteiger partial charge on any atom is -0.311 e. The Morgan fingerprint density at radius 3 is 2.60 bits per heavy atom. The number of hydrazine groups is 1. The summed E-state index contributed by atoms with van der Waals surface area (Å²) in [4.78, 5) is 37.1. The summed E-state index contributed by atoms with van der Waals surface area (Å²) < 4.78 is 0. The summed E-state index contributed by atoms with van der Waals surface area (Å²) in [5.41, 5.74) is 6.99. The first-order chi connectivity index (χ1) is 12.0. The van der Waals surface area contributed by atoms with Crippen LogP contribution >= 0.6 is 0 Å². The summed E-state index contributed by atoms with van der Waals surface area (Å²) in [5.74, 6) is 5.78. The predicted octanol–water partition coefficient (Wildman–Crippen LogP) is 1.14. The molecule has 0 aliphatic rings.